The molecular formula is C22H23ClFN3O3S. The molecule has 1 aliphatic heterocycles. The van der Waals surface area contributed by atoms with Gasteiger partial charge in [0.25, 0.3) is 0 Å². The molecule has 1 saturated heterocycles. The van der Waals surface area contributed by atoms with Crippen molar-refractivity contribution >= 4 is 27.3 Å². The van der Waals surface area contributed by atoms with Crippen molar-refractivity contribution < 1.29 is 17.2 Å². The van der Waals surface area contributed by atoms with Crippen molar-refractivity contribution in [3.8, 4) is 0 Å². The SMILES string of the molecule is O=S(=O)(NCC(c1ccco1)N1CCN(c2ccccc2F)CC1)c1ccc(Cl)cc1. The molecule has 6 nitrogen and oxygen atoms in total. The fourth-order valence-electron chi connectivity index (χ4n) is 3.76. The van der Waals surface area contributed by atoms with Crippen molar-refractivity contribution in [2.75, 3.05) is 37.6 Å². The van der Waals surface area contributed by atoms with Crippen LogP contribution in [0.15, 0.2) is 76.2 Å². The minimum atomic E-state index is -3.70. The van der Waals surface area contributed by atoms with Gasteiger partial charge in [0.05, 0.1) is 22.9 Å². The molecule has 1 unspecified atom stereocenters. The van der Waals surface area contributed by atoms with Gasteiger partial charge in [-0.15, -0.1) is 0 Å². The van der Waals surface area contributed by atoms with Crippen molar-refractivity contribution in [2.45, 2.75) is 10.9 Å². The lowest BCUT2D eigenvalue weighted by molar-refractivity contribution is 0.166. The third-order valence-electron chi connectivity index (χ3n) is 5.41. The van der Waals surface area contributed by atoms with Crippen molar-refractivity contribution in [3.05, 3.63) is 83.5 Å². The minimum Gasteiger partial charge on any atom is -0.468 e. The molecule has 2 heterocycles. The summed E-state index contributed by atoms with van der Waals surface area (Å²) in [6, 6.07) is 16.1. The maximum absolute atomic E-state index is 14.1. The normalized spacial score (nSPS) is 16.4. The maximum atomic E-state index is 14.1. The van der Waals surface area contributed by atoms with Gasteiger partial charge in [-0.3, -0.25) is 4.90 Å². The van der Waals surface area contributed by atoms with E-state index in [4.69, 9.17) is 16.0 Å². The molecule has 31 heavy (non-hydrogen) atoms. The Morgan fingerprint density at radius 1 is 1.00 bits per heavy atom. The third kappa shape index (κ3) is 5.10. The van der Waals surface area contributed by atoms with Crippen molar-refractivity contribution in [1.82, 2.24) is 9.62 Å². The van der Waals surface area contributed by atoms with Crippen molar-refractivity contribution in [2.24, 2.45) is 0 Å². The zero-order valence-corrected chi connectivity index (χ0v) is 18.3. The van der Waals surface area contributed by atoms with E-state index < -0.39 is 10.0 Å². The van der Waals surface area contributed by atoms with Gasteiger partial charge in [-0.1, -0.05) is 23.7 Å². The zero-order chi connectivity index (χ0) is 21.8. The summed E-state index contributed by atoms with van der Waals surface area (Å²) >= 11 is 5.86. The Bertz CT molecular complexity index is 1100. The number of para-hydroxylation sites is 1. The number of hydrogen-bond donors (Lipinski definition) is 1. The Hall–Kier alpha value is -2.39. The van der Waals surface area contributed by atoms with Gasteiger partial charge in [0.1, 0.15) is 11.6 Å². The summed E-state index contributed by atoms with van der Waals surface area (Å²) in [4.78, 5) is 4.31. The number of nitrogens with zero attached hydrogens (tertiary/aromatic N) is 2. The van der Waals surface area contributed by atoms with Gasteiger partial charge in [0, 0.05) is 37.7 Å². The van der Waals surface area contributed by atoms with Crippen LogP contribution in [-0.4, -0.2) is 46.0 Å². The van der Waals surface area contributed by atoms with Gasteiger partial charge in [-0.05, 0) is 48.5 Å². The van der Waals surface area contributed by atoms with E-state index in [-0.39, 0.29) is 23.3 Å². The first kappa shape index (κ1) is 21.8. The number of nitrogens with one attached hydrogen (secondary N) is 1. The third-order valence-corrected chi connectivity index (χ3v) is 7.10. The molecule has 1 N–H and O–H groups in total. The highest BCUT2D eigenvalue weighted by molar-refractivity contribution is 7.89. The average molecular weight is 464 g/mol. The topological polar surface area (TPSA) is 65.8 Å². The minimum absolute atomic E-state index is 0.151. The molecule has 0 saturated carbocycles. The second kappa shape index (κ2) is 9.40. The summed E-state index contributed by atoms with van der Waals surface area (Å²) in [5, 5.41) is 0.472. The van der Waals surface area contributed by atoms with E-state index >= 15 is 0 Å². The molecule has 0 amide bonds. The highest BCUT2D eigenvalue weighted by Crippen LogP contribution is 2.26. The van der Waals surface area contributed by atoms with Gasteiger partial charge in [0.2, 0.25) is 10.0 Å². The average Bonchev–Trinajstić information content (AvgIpc) is 3.30. The molecule has 1 fully saturated rings. The monoisotopic (exact) mass is 463 g/mol. The number of hydrogen-bond acceptors (Lipinski definition) is 5. The highest BCUT2D eigenvalue weighted by atomic mass is 35.5. The molecule has 9 heteroatoms. The van der Waals surface area contributed by atoms with Gasteiger partial charge in [-0.2, -0.15) is 0 Å². The first-order chi connectivity index (χ1) is 14.9. The summed E-state index contributed by atoms with van der Waals surface area (Å²) in [5.41, 5.74) is 0.583. The number of halogens is 2. The lowest BCUT2D eigenvalue weighted by atomic mass is 10.1. The molecule has 164 valence electrons. The van der Waals surface area contributed by atoms with Crippen LogP contribution in [0.4, 0.5) is 10.1 Å². The number of sulfonamides is 1. The molecule has 1 aromatic heterocycles. The standard InChI is InChI=1S/C22H23ClFN3O3S/c23-17-7-9-18(10-8-17)31(28,29)25-16-21(22-6-3-15-30-22)27-13-11-26(12-14-27)20-5-2-1-4-19(20)24/h1-10,15,21,25H,11-14,16H2. The van der Waals surface area contributed by atoms with Gasteiger partial charge < -0.3 is 9.32 Å². The van der Waals surface area contributed by atoms with Crippen LogP contribution in [0, 0.1) is 5.82 Å². The predicted octanol–water partition coefficient (Wildman–Crippen LogP) is 3.91. The Balaban J connectivity index is 1.46. The van der Waals surface area contributed by atoms with Crippen LogP contribution in [0.1, 0.15) is 11.8 Å². The maximum Gasteiger partial charge on any atom is 0.240 e. The number of piperazine rings is 1. The van der Waals surface area contributed by atoms with Crippen molar-refractivity contribution in [1.29, 1.82) is 0 Å². The van der Waals surface area contributed by atoms with Crippen LogP contribution in [0.25, 0.3) is 0 Å². The first-order valence-electron chi connectivity index (χ1n) is 9.96. The first-order valence-corrected chi connectivity index (χ1v) is 11.8. The van der Waals surface area contributed by atoms with Crippen LogP contribution in [-0.2, 0) is 10.0 Å². The molecule has 1 atom stereocenters. The number of benzene rings is 2. The molecule has 3 aromatic rings. The lowest BCUT2D eigenvalue weighted by Gasteiger charge is -2.39. The molecule has 0 bridgehead atoms. The Morgan fingerprint density at radius 3 is 2.35 bits per heavy atom. The largest absolute Gasteiger partial charge is 0.468 e. The van der Waals surface area contributed by atoms with Gasteiger partial charge >= 0.3 is 0 Å². The number of rotatable bonds is 7. The fourth-order valence-corrected chi connectivity index (χ4v) is 4.92. The Labute approximate surface area is 186 Å². The molecule has 0 radical (unpaired) electrons. The highest BCUT2D eigenvalue weighted by Gasteiger charge is 2.29. The molecule has 0 spiro atoms. The van der Waals surface area contributed by atoms with Crippen LogP contribution in [0.5, 0.6) is 0 Å². The van der Waals surface area contributed by atoms with Crippen LogP contribution < -0.4 is 9.62 Å². The van der Waals surface area contributed by atoms with E-state index in [1.807, 2.05) is 17.0 Å². The van der Waals surface area contributed by atoms with Crippen LogP contribution in [0.2, 0.25) is 5.02 Å². The summed E-state index contributed by atoms with van der Waals surface area (Å²) < 4.78 is 47.9. The van der Waals surface area contributed by atoms with Crippen molar-refractivity contribution in [3.63, 3.8) is 0 Å². The second-order valence-corrected chi connectivity index (χ2v) is 9.51. The smallest absolute Gasteiger partial charge is 0.240 e. The van der Waals surface area contributed by atoms with E-state index in [1.165, 1.54) is 18.2 Å². The second-order valence-electron chi connectivity index (χ2n) is 7.31. The summed E-state index contributed by atoms with van der Waals surface area (Å²) in [6.45, 7) is 2.69. The molecule has 0 aliphatic carbocycles. The Kier molecular flexibility index (Phi) is 6.62. The fraction of sp³-hybridized carbons (Fsp3) is 0.273. The molecule has 1 aliphatic rings. The quantitative estimate of drug-likeness (QED) is 0.575. The summed E-state index contributed by atoms with van der Waals surface area (Å²) in [5.74, 6) is 0.437. The summed E-state index contributed by atoms with van der Waals surface area (Å²) in [6.07, 6.45) is 1.58. The molecule has 4 rings (SSSR count). The zero-order valence-electron chi connectivity index (χ0n) is 16.7. The lowest BCUT2D eigenvalue weighted by Crippen LogP contribution is -2.50. The van der Waals surface area contributed by atoms with Crippen LogP contribution in [0.3, 0.4) is 0 Å². The molecule has 2 aromatic carbocycles. The predicted molar refractivity (Wildman–Crippen MR) is 118 cm³/mol. The number of furan rings is 1. The Morgan fingerprint density at radius 2 is 1.71 bits per heavy atom. The number of anilines is 1. The summed E-state index contributed by atoms with van der Waals surface area (Å²) in [7, 11) is -3.70. The van der Waals surface area contributed by atoms with E-state index in [9.17, 15) is 12.8 Å². The van der Waals surface area contributed by atoms with Gasteiger partial charge in [-0.25, -0.2) is 17.5 Å². The molecular weight excluding hydrogens is 441 g/mol. The van der Waals surface area contributed by atoms with Gasteiger partial charge in [0.15, 0.2) is 0 Å². The van der Waals surface area contributed by atoms with E-state index in [0.717, 1.165) is 0 Å². The van der Waals surface area contributed by atoms with E-state index in [2.05, 4.69) is 9.62 Å². The van der Waals surface area contributed by atoms with E-state index in [0.29, 0.717) is 42.6 Å². The van der Waals surface area contributed by atoms with E-state index in [1.54, 1.807) is 36.6 Å². The van der Waals surface area contributed by atoms with Crippen LogP contribution >= 0.6 is 11.6 Å².